The third-order valence-electron chi connectivity index (χ3n) is 7.01. The largest absolute Gasteiger partial charge is 0.493 e. The number of amides is 2. The van der Waals surface area contributed by atoms with Gasteiger partial charge in [-0.05, 0) is 49.3 Å². The smallest absolute Gasteiger partial charge is 0.257 e. The quantitative estimate of drug-likeness (QED) is 0.815. The lowest BCUT2D eigenvalue weighted by molar-refractivity contribution is -0.144. The van der Waals surface area contributed by atoms with Crippen molar-refractivity contribution in [2.24, 2.45) is 11.8 Å². The number of methoxy groups -OCH3 is 2. The zero-order valence-corrected chi connectivity index (χ0v) is 18.0. The van der Waals surface area contributed by atoms with Crippen LogP contribution in [0.3, 0.4) is 0 Å². The molecule has 3 atom stereocenters. The van der Waals surface area contributed by atoms with Crippen molar-refractivity contribution >= 4 is 11.8 Å². The second kappa shape index (κ2) is 7.90. The van der Waals surface area contributed by atoms with Gasteiger partial charge in [0.15, 0.2) is 11.5 Å². The molecule has 1 unspecified atom stereocenters. The number of benzene rings is 1. The van der Waals surface area contributed by atoms with Crippen LogP contribution in [0.2, 0.25) is 0 Å². The van der Waals surface area contributed by atoms with E-state index in [1.54, 1.807) is 20.4 Å². The maximum atomic E-state index is 13.5. The SMILES string of the molecule is COc1ccc(-c2[nH]ncc2C(=O)N2C[C@H]3C[C@@H](C2)C2CCCC(=O)N2C3)cc1OC. The van der Waals surface area contributed by atoms with Gasteiger partial charge in [-0.3, -0.25) is 14.7 Å². The molecule has 0 radical (unpaired) electrons. The number of rotatable bonds is 4. The van der Waals surface area contributed by atoms with Gasteiger partial charge in [-0.1, -0.05) is 0 Å². The monoisotopic (exact) mass is 424 g/mol. The fourth-order valence-electron chi connectivity index (χ4n) is 5.61. The molecule has 3 fully saturated rings. The molecule has 5 rings (SSSR count). The van der Waals surface area contributed by atoms with Gasteiger partial charge in [0.1, 0.15) is 0 Å². The van der Waals surface area contributed by atoms with Gasteiger partial charge in [0.2, 0.25) is 5.91 Å². The molecule has 8 nitrogen and oxygen atoms in total. The number of fused-ring (bicyclic) bond motifs is 4. The number of carbonyl (C=O) groups excluding carboxylic acids is 2. The minimum Gasteiger partial charge on any atom is -0.493 e. The minimum atomic E-state index is -0.0104. The van der Waals surface area contributed by atoms with Crippen LogP contribution in [0.1, 0.15) is 36.0 Å². The van der Waals surface area contributed by atoms with E-state index in [1.807, 2.05) is 23.1 Å². The first kappa shape index (κ1) is 19.9. The van der Waals surface area contributed by atoms with Crippen LogP contribution in [0.5, 0.6) is 11.5 Å². The van der Waals surface area contributed by atoms with Crippen molar-refractivity contribution in [2.45, 2.75) is 31.7 Å². The Hall–Kier alpha value is -3.03. The van der Waals surface area contributed by atoms with Crippen LogP contribution in [0.4, 0.5) is 0 Å². The summed E-state index contributed by atoms with van der Waals surface area (Å²) in [5, 5.41) is 7.15. The average molecular weight is 425 g/mol. The third-order valence-corrected chi connectivity index (χ3v) is 7.01. The molecule has 3 saturated heterocycles. The van der Waals surface area contributed by atoms with E-state index in [0.717, 1.165) is 31.4 Å². The number of hydrogen-bond acceptors (Lipinski definition) is 5. The lowest BCUT2D eigenvalue weighted by Crippen LogP contribution is -2.61. The first-order chi connectivity index (χ1) is 15.1. The molecule has 0 aliphatic carbocycles. The van der Waals surface area contributed by atoms with Crippen molar-refractivity contribution in [3.8, 4) is 22.8 Å². The molecule has 2 bridgehead atoms. The van der Waals surface area contributed by atoms with Gasteiger partial charge < -0.3 is 19.3 Å². The topological polar surface area (TPSA) is 87.8 Å². The summed E-state index contributed by atoms with van der Waals surface area (Å²) < 4.78 is 10.7. The van der Waals surface area contributed by atoms with Crippen molar-refractivity contribution in [3.63, 3.8) is 0 Å². The maximum absolute atomic E-state index is 13.5. The number of nitrogens with zero attached hydrogens (tertiary/aromatic N) is 3. The van der Waals surface area contributed by atoms with Crippen LogP contribution < -0.4 is 9.47 Å². The summed E-state index contributed by atoms with van der Waals surface area (Å²) in [5.74, 6) is 2.21. The van der Waals surface area contributed by atoms with Crippen LogP contribution in [0, 0.1) is 11.8 Å². The Labute approximate surface area is 181 Å². The van der Waals surface area contributed by atoms with E-state index in [4.69, 9.17) is 9.47 Å². The summed E-state index contributed by atoms with van der Waals surface area (Å²) in [7, 11) is 3.18. The van der Waals surface area contributed by atoms with Crippen LogP contribution in [-0.4, -0.2) is 71.7 Å². The van der Waals surface area contributed by atoms with E-state index in [1.165, 1.54) is 0 Å². The van der Waals surface area contributed by atoms with Gasteiger partial charge >= 0.3 is 0 Å². The minimum absolute atomic E-state index is 0.0104. The second-order valence-corrected chi connectivity index (χ2v) is 8.81. The normalized spacial score (nSPS) is 25.2. The van der Waals surface area contributed by atoms with E-state index in [2.05, 4.69) is 15.1 Å². The van der Waals surface area contributed by atoms with Crippen molar-refractivity contribution in [2.75, 3.05) is 33.9 Å². The molecule has 4 heterocycles. The van der Waals surface area contributed by atoms with Crippen molar-refractivity contribution in [1.29, 1.82) is 0 Å². The molecule has 3 aliphatic heterocycles. The first-order valence-electron chi connectivity index (χ1n) is 10.9. The maximum Gasteiger partial charge on any atom is 0.257 e. The number of nitrogens with one attached hydrogen (secondary N) is 1. The molecule has 1 N–H and O–H groups in total. The Morgan fingerprint density at radius 3 is 2.81 bits per heavy atom. The molecular weight excluding hydrogens is 396 g/mol. The van der Waals surface area contributed by atoms with Gasteiger partial charge in [0.05, 0.1) is 31.7 Å². The Bertz CT molecular complexity index is 1000. The number of piperidine rings is 3. The summed E-state index contributed by atoms with van der Waals surface area (Å²) in [6.45, 7) is 2.15. The Morgan fingerprint density at radius 1 is 1.16 bits per heavy atom. The van der Waals surface area contributed by atoms with Crippen LogP contribution in [0.15, 0.2) is 24.4 Å². The third kappa shape index (κ3) is 3.43. The van der Waals surface area contributed by atoms with Gasteiger partial charge in [-0.2, -0.15) is 5.10 Å². The van der Waals surface area contributed by atoms with E-state index in [0.29, 0.717) is 54.1 Å². The number of hydrogen-bond donors (Lipinski definition) is 1. The van der Waals surface area contributed by atoms with Gasteiger partial charge in [-0.25, -0.2) is 0 Å². The number of likely N-dealkylation sites (tertiary alicyclic amines) is 1. The molecule has 31 heavy (non-hydrogen) atoms. The van der Waals surface area contributed by atoms with Crippen LogP contribution in [-0.2, 0) is 4.79 Å². The van der Waals surface area contributed by atoms with E-state index >= 15 is 0 Å². The summed E-state index contributed by atoms with van der Waals surface area (Å²) in [6, 6.07) is 5.84. The molecule has 8 heteroatoms. The van der Waals surface area contributed by atoms with E-state index in [9.17, 15) is 9.59 Å². The number of H-pyrrole nitrogens is 1. The Balaban J connectivity index is 1.39. The highest BCUT2D eigenvalue weighted by Crippen LogP contribution is 2.39. The average Bonchev–Trinajstić information content (AvgIpc) is 3.28. The number of aromatic nitrogens is 2. The zero-order valence-electron chi connectivity index (χ0n) is 18.0. The molecule has 164 valence electrons. The van der Waals surface area contributed by atoms with Gasteiger partial charge in [0, 0.05) is 37.7 Å². The first-order valence-corrected chi connectivity index (χ1v) is 10.9. The molecule has 2 aromatic rings. The van der Waals surface area contributed by atoms with E-state index < -0.39 is 0 Å². The predicted octanol–water partition coefficient (Wildman–Crippen LogP) is 2.57. The lowest BCUT2D eigenvalue weighted by Gasteiger charge is -2.52. The summed E-state index contributed by atoms with van der Waals surface area (Å²) in [4.78, 5) is 29.9. The predicted molar refractivity (Wildman–Crippen MR) is 114 cm³/mol. The highest BCUT2D eigenvalue weighted by Gasteiger charge is 2.45. The lowest BCUT2D eigenvalue weighted by atomic mass is 9.76. The van der Waals surface area contributed by atoms with Crippen LogP contribution in [0.25, 0.3) is 11.3 Å². The molecule has 2 amide bonds. The number of carbonyl (C=O) groups is 2. The van der Waals surface area contributed by atoms with Crippen molar-refractivity contribution in [3.05, 3.63) is 30.0 Å². The fraction of sp³-hybridized carbons (Fsp3) is 0.522. The van der Waals surface area contributed by atoms with E-state index in [-0.39, 0.29) is 17.9 Å². The van der Waals surface area contributed by atoms with Crippen molar-refractivity contribution in [1.82, 2.24) is 20.0 Å². The second-order valence-electron chi connectivity index (χ2n) is 8.81. The summed E-state index contributed by atoms with van der Waals surface area (Å²) >= 11 is 0. The molecule has 1 aromatic carbocycles. The molecule has 0 saturated carbocycles. The standard InChI is InChI=1S/C23H28N4O4/c1-30-19-7-6-15(9-20(19)31-2)22-17(10-24-25-22)23(29)26-11-14-8-16(13-26)18-4-3-5-21(28)27(18)12-14/h6-7,9-10,14,16,18H,3-5,8,11-13H2,1-2H3,(H,24,25)/t14-,16+,18?/m1/s1. The molecular formula is C23H28N4O4. The highest BCUT2D eigenvalue weighted by molar-refractivity contribution is 6.00. The molecule has 1 aromatic heterocycles. The molecule has 3 aliphatic rings. The summed E-state index contributed by atoms with van der Waals surface area (Å²) in [6.07, 6.45) is 5.39. The summed E-state index contributed by atoms with van der Waals surface area (Å²) in [5.41, 5.74) is 2.06. The fourth-order valence-corrected chi connectivity index (χ4v) is 5.61. The number of ether oxygens (including phenoxy) is 2. The van der Waals surface area contributed by atoms with Gasteiger partial charge in [-0.15, -0.1) is 0 Å². The van der Waals surface area contributed by atoms with Crippen LogP contribution >= 0.6 is 0 Å². The zero-order chi connectivity index (χ0) is 21.5. The highest BCUT2D eigenvalue weighted by atomic mass is 16.5. The Kier molecular flexibility index (Phi) is 5.08. The Morgan fingerprint density at radius 2 is 2.00 bits per heavy atom. The molecule has 0 spiro atoms. The van der Waals surface area contributed by atoms with Gasteiger partial charge in [0.25, 0.3) is 5.91 Å². The van der Waals surface area contributed by atoms with Crippen molar-refractivity contribution < 1.29 is 19.1 Å². The number of aromatic amines is 1.